The lowest BCUT2D eigenvalue weighted by molar-refractivity contribution is -0.113. The van der Waals surface area contributed by atoms with Gasteiger partial charge in [0, 0.05) is 28.5 Å². The van der Waals surface area contributed by atoms with Gasteiger partial charge in [0.1, 0.15) is 11.4 Å². The van der Waals surface area contributed by atoms with Crippen LogP contribution in [0.5, 0.6) is 0 Å². The van der Waals surface area contributed by atoms with Crippen molar-refractivity contribution in [3.05, 3.63) is 59.1 Å². The van der Waals surface area contributed by atoms with Crippen molar-refractivity contribution in [2.24, 2.45) is 0 Å². The normalized spacial score (nSPS) is 13.1. The van der Waals surface area contributed by atoms with Crippen LogP contribution in [0.15, 0.2) is 58.4 Å². The molecular weight excluding hydrogens is 456 g/mol. The summed E-state index contributed by atoms with van der Waals surface area (Å²) in [5, 5.41) is 10.7. The standard InChI is InChI=1S/C19H17BrN6O2S/c20-12-2-1-3-14(8-12)23-17(27)10-29-18-9-16(21-11-22-18)26-7-6-15(25-26)19(28)24-13-4-5-13/h1-3,6-9,11,13H,4-5,10H2,(H,23,27)(H,24,28). The van der Waals surface area contributed by atoms with Gasteiger partial charge in [0.15, 0.2) is 11.5 Å². The summed E-state index contributed by atoms with van der Waals surface area (Å²) in [6.45, 7) is 0. The fourth-order valence-electron chi connectivity index (χ4n) is 2.50. The maximum absolute atomic E-state index is 12.2. The van der Waals surface area contributed by atoms with E-state index in [2.05, 4.69) is 41.6 Å². The van der Waals surface area contributed by atoms with E-state index >= 15 is 0 Å². The monoisotopic (exact) mass is 472 g/mol. The molecule has 0 saturated heterocycles. The van der Waals surface area contributed by atoms with Gasteiger partial charge >= 0.3 is 0 Å². The lowest BCUT2D eigenvalue weighted by Crippen LogP contribution is -2.25. The Labute approximate surface area is 179 Å². The Bertz CT molecular complexity index is 1050. The van der Waals surface area contributed by atoms with Crippen molar-refractivity contribution in [3.63, 3.8) is 0 Å². The molecule has 10 heteroatoms. The Hall–Kier alpha value is -2.72. The molecule has 0 atom stereocenters. The number of hydrogen-bond donors (Lipinski definition) is 2. The first-order valence-corrected chi connectivity index (χ1v) is 10.7. The van der Waals surface area contributed by atoms with Crippen LogP contribution >= 0.6 is 27.7 Å². The molecule has 0 bridgehead atoms. The van der Waals surface area contributed by atoms with Gasteiger partial charge in [-0.25, -0.2) is 14.6 Å². The van der Waals surface area contributed by atoms with Crippen LogP contribution in [0.4, 0.5) is 5.69 Å². The second kappa shape index (κ2) is 8.75. The Kier molecular flexibility index (Phi) is 5.91. The summed E-state index contributed by atoms with van der Waals surface area (Å²) in [5.74, 6) is 0.419. The zero-order valence-corrected chi connectivity index (χ0v) is 17.6. The van der Waals surface area contributed by atoms with Crippen molar-refractivity contribution < 1.29 is 9.59 Å². The van der Waals surface area contributed by atoms with Crippen molar-refractivity contribution >= 4 is 45.2 Å². The summed E-state index contributed by atoms with van der Waals surface area (Å²) < 4.78 is 2.42. The zero-order valence-electron chi connectivity index (χ0n) is 15.2. The number of halogens is 1. The molecule has 8 nitrogen and oxygen atoms in total. The van der Waals surface area contributed by atoms with E-state index in [1.807, 2.05) is 24.3 Å². The molecule has 148 valence electrons. The van der Waals surface area contributed by atoms with Crippen LogP contribution < -0.4 is 10.6 Å². The minimum absolute atomic E-state index is 0.133. The molecule has 0 radical (unpaired) electrons. The topological polar surface area (TPSA) is 102 Å². The molecule has 0 unspecified atom stereocenters. The molecule has 1 aliphatic rings. The Balaban J connectivity index is 1.36. The van der Waals surface area contributed by atoms with E-state index in [1.165, 1.54) is 22.8 Å². The number of thioether (sulfide) groups is 1. The summed E-state index contributed by atoms with van der Waals surface area (Å²) in [7, 11) is 0. The zero-order chi connectivity index (χ0) is 20.2. The van der Waals surface area contributed by atoms with Gasteiger partial charge < -0.3 is 10.6 Å². The van der Waals surface area contributed by atoms with Gasteiger partial charge in [0.2, 0.25) is 5.91 Å². The molecule has 1 saturated carbocycles. The summed E-state index contributed by atoms with van der Waals surface area (Å²) in [6.07, 6.45) is 5.14. The number of anilines is 1. The van der Waals surface area contributed by atoms with E-state index < -0.39 is 0 Å². The third-order valence-electron chi connectivity index (χ3n) is 4.06. The molecule has 2 amide bonds. The minimum atomic E-state index is -0.181. The second-order valence-corrected chi connectivity index (χ2v) is 8.37. The summed E-state index contributed by atoms with van der Waals surface area (Å²) in [5.41, 5.74) is 1.07. The van der Waals surface area contributed by atoms with Crippen molar-refractivity contribution in [3.8, 4) is 5.82 Å². The van der Waals surface area contributed by atoms with Crippen LogP contribution in [0.3, 0.4) is 0 Å². The Morgan fingerprint density at radius 1 is 1.21 bits per heavy atom. The maximum Gasteiger partial charge on any atom is 0.272 e. The molecule has 1 fully saturated rings. The predicted molar refractivity (Wildman–Crippen MR) is 113 cm³/mol. The van der Waals surface area contributed by atoms with Gasteiger partial charge in [-0.05, 0) is 37.1 Å². The first kappa shape index (κ1) is 19.6. The second-order valence-electron chi connectivity index (χ2n) is 6.45. The SMILES string of the molecule is O=C(CSc1cc(-n2ccc(C(=O)NC3CC3)n2)ncn1)Nc1cccc(Br)c1. The molecule has 0 spiro atoms. The van der Waals surface area contributed by atoms with Gasteiger partial charge in [0.05, 0.1) is 5.75 Å². The summed E-state index contributed by atoms with van der Waals surface area (Å²) in [4.78, 5) is 32.6. The Morgan fingerprint density at radius 2 is 2.07 bits per heavy atom. The van der Waals surface area contributed by atoms with Gasteiger partial charge in [-0.3, -0.25) is 9.59 Å². The minimum Gasteiger partial charge on any atom is -0.348 e. The average Bonchev–Trinajstić information content (AvgIpc) is 3.38. The quantitative estimate of drug-likeness (QED) is 0.404. The average molecular weight is 473 g/mol. The van der Waals surface area contributed by atoms with E-state index in [1.54, 1.807) is 18.3 Å². The Morgan fingerprint density at radius 3 is 2.86 bits per heavy atom. The van der Waals surface area contributed by atoms with Crippen LogP contribution in [-0.4, -0.2) is 43.4 Å². The van der Waals surface area contributed by atoms with E-state index in [4.69, 9.17) is 0 Å². The highest BCUT2D eigenvalue weighted by Gasteiger charge is 2.24. The van der Waals surface area contributed by atoms with E-state index in [0.717, 1.165) is 23.0 Å². The van der Waals surface area contributed by atoms with Gasteiger partial charge in [-0.1, -0.05) is 33.8 Å². The van der Waals surface area contributed by atoms with Crippen molar-refractivity contribution in [1.29, 1.82) is 0 Å². The highest BCUT2D eigenvalue weighted by molar-refractivity contribution is 9.10. The lowest BCUT2D eigenvalue weighted by atomic mass is 10.3. The number of hydrogen-bond acceptors (Lipinski definition) is 6. The fourth-order valence-corrected chi connectivity index (χ4v) is 3.56. The number of amides is 2. The largest absolute Gasteiger partial charge is 0.348 e. The molecule has 2 N–H and O–H groups in total. The van der Waals surface area contributed by atoms with E-state index in [0.29, 0.717) is 16.5 Å². The van der Waals surface area contributed by atoms with Crippen molar-refractivity contribution in [2.75, 3.05) is 11.1 Å². The molecule has 4 rings (SSSR count). The first-order valence-electron chi connectivity index (χ1n) is 8.94. The molecular formula is C19H17BrN6O2S. The van der Waals surface area contributed by atoms with Crippen LogP contribution in [0.2, 0.25) is 0 Å². The van der Waals surface area contributed by atoms with Gasteiger partial charge in [-0.2, -0.15) is 5.10 Å². The van der Waals surface area contributed by atoms with Gasteiger partial charge in [-0.15, -0.1) is 0 Å². The number of benzene rings is 1. The molecule has 2 heterocycles. The number of carbonyl (C=O) groups excluding carboxylic acids is 2. The third-order valence-corrected chi connectivity index (χ3v) is 5.47. The molecule has 1 aliphatic carbocycles. The number of nitrogens with zero attached hydrogens (tertiary/aromatic N) is 4. The predicted octanol–water partition coefficient (Wildman–Crippen LogP) is 3.05. The number of rotatable bonds is 7. The molecule has 29 heavy (non-hydrogen) atoms. The maximum atomic E-state index is 12.2. The number of aromatic nitrogens is 4. The first-order chi connectivity index (χ1) is 14.1. The van der Waals surface area contributed by atoms with Crippen LogP contribution in [-0.2, 0) is 4.79 Å². The van der Waals surface area contributed by atoms with Crippen LogP contribution in [0.25, 0.3) is 5.82 Å². The number of nitrogens with one attached hydrogen (secondary N) is 2. The summed E-state index contributed by atoms with van der Waals surface area (Å²) in [6, 6.07) is 11.1. The molecule has 0 aliphatic heterocycles. The van der Waals surface area contributed by atoms with Crippen molar-refractivity contribution in [2.45, 2.75) is 23.9 Å². The van der Waals surface area contributed by atoms with Gasteiger partial charge in [0.25, 0.3) is 5.91 Å². The van der Waals surface area contributed by atoms with E-state index in [-0.39, 0.29) is 23.6 Å². The highest BCUT2D eigenvalue weighted by Crippen LogP contribution is 2.20. The smallest absolute Gasteiger partial charge is 0.272 e. The van der Waals surface area contributed by atoms with Crippen molar-refractivity contribution in [1.82, 2.24) is 25.1 Å². The highest BCUT2D eigenvalue weighted by atomic mass is 79.9. The lowest BCUT2D eigenvalue weighted by Gasteiger charge is -2.06. The molecule has 1 aromatic carbocycles. The fraction of sp³-hybridized carbons (Fsp3) is 0.211. The van der Waals surface area contributed by atoms with Crippen LogP contribution in [0.1, 0.15) is 23.3 Å². The molecule has 3 aromatic rings. The molecule has 2 aromatic heterocycles. The van der Waals surface area contributed by atoms with E-state index in [9.17, 15) is 9.59 Å². The van der Waals surface area contributed by atoms with Crippen LogP contribution in [0, 0.1) is 0 Å². The summed E-state index contributed by atoms with van der Waals surface area (Å²) >= 11 is 4.67. The number of carbonyl (C=O) groups is 2. The third kappa shape index (κ3) is 5.42.